The third-order valence-electron chi connectivity index (χ3n) is 4.56. The van der Waals surface area contributed by atoms with Gasteiger partial charge in [0.1, 0.15) is 16.5 Å². The van der Waals surface area contributed by atoms with E-state index in [0.717, 1.165) is 12.1 Å². The molecule has 154 valence electrons. The fourth-order valence-electron chi connectivity index (χ4n) is 3.17. The maximum atomic E-state index is 14.0. The molecular weight excluding hydrogens is 422 g/mol. The Balaban J connectivity index is 1.80. The van der Waals surface area contributed by atoms with Crippen molar-refractivity contribution in [1.82, 2.24) is 19.7 Å². The molecule has 4 aromatic rings. The van der Waals surface area contributed by atoms with Crippen molar-refractivity contribution >= 4 is 22.5 Å². The molecule has 0 spiro atoms. The number of pyridine rings is 2. The highest BCUT2D eigenvalue weighted by atomic mass is 35.5. The SMILES string of the molecule is N[C@](Cl)(Cc1ncccc1F)c1ncccc1-n1ncc2cc(C(F)(F)F)ccc21. The number of benzene rings is 1. The van der Waals surface area contributed by atoms with Crippen LogP contribution in [-0.4, -0.2) is 19.7 Å². The zero-order chi connectivity index (χ0) is 21.5. The van der Waals surface area contributed by atoms with Crippen LogP contribution in [0.25, 0.3) is 16.6 Å². The summed E-state index contributed by atoms with van der Waals surface area (Å²) in [5.74, 6) is -0.560. The van der Waals surface area contributed by atoms with Crippen molar-refractivity contribution in [2.75, 3.05) is 0 Å². The second-order valence-corrected chi connectivity index (χ2v) is 7.34. The van der Waals surface area contributed by atoms with Crippen LogP contribution in [0, 0.1) is 5.82 Å². The van der Waals surface area contributed by atoms with Crippen molar-refractivity contribution < 1.29 is 17.6 Å². The van der Waals surface area contributed by atoms with E-state index in [1.807, 2.05) is 0 Å². The summed E-state index contributed by atoms with van der Waals surface area (Å²) in [6.07, 6.45) is -0.436. The number of rotatable bonds is 4. The van der Waals surface area contributed by atoms with Crippen LogP contribution in [0.2, 0.25) is 0 Å². The Morgan fingerprint density at radius 2 is 1.77 bits per heavy atom. The molecule has 1 atom stereocenters. The molecule has 5 nitrogen and oxygen atoms in total. The summed E-state index contributed by atoms with van der Waals surface area (Å²) >= 11 is 6.55. The van der Waals surface area contributed by atoms with Crippen LogP contribution in [0.4, 0.5) is 17.6 Å². The molecule has 0 aliphatic carbocycles. The molecule has 0 fully saturated rings. The highest BCUT2D eigenvalue weighted by molar-refractivity contribution is 6.23. The molecular formula is C20H14ClF4N5. The smallest absolute Gasteiger partial charge is 0.307 e. The Bertz CT molecular complexity index is 1220. The van der Waals surface area contributed by atoms with Gasteiger partial charge in [0.2, 0.25) is 0 Å². The average Bonchev–Trinajstić information content (AvgIpc) is 3.12. The molecule has 0 saturated carbocycles. The van der Waals surface area contributed by atoms with Gasteiger partial charge in [0.05, 0.1) is 28.7 Å². The number of fused-ring (bicyclic) bond motifs is 1. The second-order valence-electron chi connectivity index (χ2n) is 6.67. The summed E-state index contributed by atoms with van der Waals surface area (Å²) in [6, 6.07) is 9.23. The molecule has 4 rings (SSSR count). The van der Waals surface area contributed by atoms with Gasteiger partial charge in [0.15, 0.2) is 0 Å². The minimum absolute atomic E-state index is 0.0618. The predicted molar refractivity (Wildman–Crippen MR) is 103 cm³/mol. The minimum Gasteiger partial charge on any atom is -0.307 e. The number of hydrogen-bond acceptors (Lipinski definition) is 4. The topological polar surface area (TPSA) is 69.6 Å². The van der Waals surface area contributed by atoms with Crippen LogP contribution in [0.1, 0.15) is 17.0 Å². The van der Waals surface area contributed by atoms with Gasteiger partial charge in [-0.2, -0.15) is 18.3 Å². The monoisotopic (exact) mass is 435 g/mol. The first kappa shape index (κ1) is 20.2. The molecule has 0 radical (unpaired) electrons. The van der Waals surface area contributed by atoms with E-state index < -0.39 is 22.6 Å². The van der Waals surface area contributed by atoms with E-state index in [1.54, 1.807) is 12.1 Å². The molecule has 0 bridgehead atoms. The Kier molecular flexibility index (Phi) is 4.95. The summed E-state index contributed by atoms with van der Waals surface area (Å²) < 4.78 is 54.4. The largest absolute Gasteiger partial charge is 0.416 e. The van der Waals surface area contributed by atoms with E-state index in [4.69, 9.17) is 17.3 Å². The van der Waals surface area contributed by atoms with Gasteiger partial charge in [-0.25, -0.2) is 9.07 Å². The lowest BCUT2D eigenvalue weighted by molar-refractivity contribution is -0.137. The maximum absolute atomic E-state index is 14.0. The molecule has 30 heavy (non-hydrogen) atoms. The summed E-state index contributed by atoms with van der Waals surface area (Å²) in [5, 5.41) is 4.48. The minimum atomic E-state index is -4.47. The first-order valence-electron chi connectivity index (χ1n) is 8.75. The molecule has 3 aromatic heterocycles. The Morgan fingerprint density at radius 1 is 1.03 bits per heavy atom. The van der Waals surface area contributed by atoms with E-state index in [0.29, 0.717) is 11.2 Å². The van der Waals surface area contributed by atoms with Gasteiger partial charge in [-0.3, -0.25) is 9.97 Å². The van der Waals surface area contributed by atoms with Crippen molar-refractivity contribution in [3.8, 4) is 5.69 Å². The Morgan fingerprint density at radius 3 is 2.50 bits per heavy atom. The van der Waals surface area contributed by atoms with Crippen molar-refractivity contribution in [3.63, 3.8) is 0 Å². The maximum Gasteiger partial charge on any atom is 0.416 e. The molecule has 0 aliphatic heterocycles. The molecule has 0 aliphatic rings. The fraction of sp³-hybridized carbons (Fsp3) is 0.150. The van der Waals surface area contributed by atoms with Gasteiger partial charge in [-0.1, -0.05) is 11.6 Å². The van der Waals surface area contributed by atoms with E-state index in [1.165, 1.54) is 41.5 Å². The zero-order valence-corrected chi connectivity index (χ0v) is 16.0. The van der Waals surface area contributed by atoms with Crippen molar-refractivity contribution in [2.24, 2.45) is 5.73 Å². The van der Waals surface area contributed by atoms with Gasteiger partial charge in [0, 0.05) is 24.2 Å². The summed E-state index contributed by atoms with van der Waals surface area (Å²) in [7, 11) is 0. The molecule has 2 N–H and O–H groups in total. The van der Waals surface area contributed by atoms with E-state index in [2.05, 4.69) is 15.1 Å². The third kappa shape index (κ3) is 3.73. The van der Waals surface area contributed by atoms with E-state index in [9.17, 15) is 17.6 Å². The van der Waals surface area contributed by atoms with Gasteiger partial charge < -0.3 is 5.73 Å². The lowest BCUT2D eigenvalue weighted by atomic mass is 10.0. The van der Waals surface area contributed by atoms with Crippen LogP contribution in [0.15, 0.2) is 61.1 Å². The highest BCUT2D eigenvalue weighted by Crippen LogP contribution is 2.34. The predicted octanol–water partition coefficient (Wildman–Crippen LogP) is 4.57. The van der Waals surface area contributed by atoms with Gasteiger partial charge >= 0.3 is 6.18 Å². The van der Waals surface area contributed by atoms with Crippen LogP contribution in [-0.2, 0) is 17.6 Å². The molecule has 3 heterocycles. The number of alkyl halides is 4. The van der Waals surface area contributed by atoms with Gasteiger partial charge in [0.25, 0.3) is 0 Å². The highest BCUT2D eigenvalue weighted by Gasteiger charge is 2.33. The van der Waals surface area contributed by atoms with Crippen LogP contribution < -0.4 is 5.73 Å². The molecule has 0 amide bonds. The number of halogens is 5. The van der Waals surface area contributed by atoms with Crippen LogP contribution >= 0.6 is 11.6 Å². The quantitative estimate of drug-likeness (QED) is 0.290. The summed E-state index contributed by atoms with van der Waals surface area (Å²) in [6.45, 7) is 0. The van der Waals surface area contributed by atoms with Crippen molar-refractivity contribution in [3.05, 3.63) is 83.8 Å². The van der Waals surface area contributed by atoms with Crippen molar-refractivity contribution in [2.45, 2.75) is 17.6 Å². The summed E-state index contributed by atoms with van der Waals surface area (Å²) in [4.78, 5) is 6.57. The van der Waals surface area contributed by atoms with E-state index in [-0.39, 0.29) is 23.2 Å². The molecule has 0 unspecified atom stereocenters. The number of nitrogens with zero attached hydrogens (tertiary/aromatic N) is 4. The lowest BCUT2D eigenvalue weighted by Crippen LogP contribution is -2.35. The van der Waals surface area contributed by atoms with Gasteiger partial charge in [-0.05, 0) is 42.5 Å². The van der Waals surface area contributed by atoms with E-state index >= 15 is 0 Å². The molecule has 0 saturated heterocycles. The number of aromatic nitrogens is 4. The third-order valence-corrected chi connectivity index (χ3v) is 4.88. The first-order chi connectivity index (χ1) is 14.2. The lowest BCUT2D eigenvalue weighted by Gasteiger charge is -2.24. The molecule has 1 aromatic carbocycles. The Labute approximate surface area is 173 Å². The standard InChI is InChI=1S/C20H14ClF4N5/c21-19(26,10-15-14(22)3-1-7-27-15)18-17(4-2-8-28-18)30-16-6-5-13(20(23,24)25)9-12(16)11-29-30/h1-9,11H,10,26H2/t19-/m1/s1. The normalized spacial score (nSPS) is 14.1. The van der Waals surface area contributed by atoms with Crippen LogP contribution in [0.3, 0.4) is 0 Å². The summed E-state index contributed by atoms with van der Waals surface area (Å²) in [5.41, 5.74) is 6.51. The average molecular weight is 436 g/mol. The van der Waals surface area contributed by atoms with Gasteiger partial charge in [-0.15, -0.1) is 0 Å². The Hall–Kier alpha value is -3.04. The first-order valence-corrected chi connectivity index (χ1v) is 9.13. The fourth-order valence-corrected chi connectivity index (χ4v) is 3.44. The second kappa shape index (κ2) is 7.33. The molecule has 10 heteroatoms. The number of nitrogens with two attached hydrogens (primary N) is 1. The zero-order valence-electron chi connectivity index (χ0n) is 15.2. The van der Waals surface area contributed by atoms with Crippen LogP contribution in [0.5, 0.6) is 0 Å². The van der Waals surface area contributed by atoms with Crippen molar-refractivity contribution in [1.29, 1.82) is 0 Å². The number of hydrogen-bond donors (Lipinski definition) is 1.